The van der Waals surface area contributed by atoms with Crippen LogP contribution in [0.5, 0.6) is 0 Å². The van der Waals surface area contributed by atoms with Crippen molar-refractivity contribution in [3.8, 4) is 0 Å². The van der Waals surface area contributed by atoms with Gasteiger partial charge in [0.15, 0.2) is 0 Å². The van der Waals surface area contributed by atoms with E-state index in [9.17, 15) is 23.5 Å². The molecule has 4 rings (SSSR count). The van der Waals surface area contributed by atoms with Crippen LogP contribution in [0.4, 0.5) is 14.5 Å². The van der Waals surface area contributed by atoms with Crippen molar-refractivity contribution in [3.63, 3.8) is 0 Å². The zero-order chi connectivity index (χ0) is 26.3. The van der Waals surface area contributed by atoms with Crippen molar-refractivity contribution in [1.29, 1.82) is 0 Å². The van der Waals surface area contributed by atoms with Crippen LogP contribution < -0.4 is 10.6 Å². The van der Waals surface area contributed by atoms with Gasteiger partial charge < -0.3 is 15.7 Å². The summed E-state index contributed by atoms with van der Waals surface area (Å²) in [5.74, 6) is -3.14. The third kappa shape index (κ3) is 4.57. The lowest BCUT2D eigenvalue weighted by atomic mass is 9.78. The predicted molar refractivity (Wildman–Crippen MR) is 135 cm³/mol. The fourth-order valence-electron chi connectivity index (χ4n) is 5.11. The molecule has 1 aliphatic heterocycles. The number of rotatable bonds is 6. The van der Waals surface area contributed by atoms with Gasteiger partial charge in [-0.25, -0.2) is 13.6 Å². The molecule has 0 fully saturated rings. The number of carbonyl (C=O) groups is 2. The van der Waals surface area contributed by atoms with Crippen molar-refractivity contribution < 1.29 is 23.5 Å². The van der Waals surface area contributed by atoms with Crippen LogP contribution in [0.2, 0.25) is 0 Å². The lowest BCUT2D eigenvalue weighted by Crippen LogP contribution is -2.58. The zero-order valence-corrected chi connectivity index (χ0v) is 20.6. The number of aromatic carboxylic acids is 1. The van der Waals surface area contributed by atoms with Crippen LogP contribution >= 0.6 is 0 Å². The molecule has 1 unspecified atom stereocenters. The van der Waals surface area contributed by atoms with Crippen LogP contribution in [-0.2, 0) is 28.6 Å². The average molecular weight is 493 g/mol. The smallest absolute Gasteiger partial charge is 0.337 e. The highest BCUT2D eigenvalue weighted by Gasteiger charge is 2.47. The van der Waals surface area contributed by atoms with E-state index in [4.69, 9.17) is 5.73 Å². The number of fused-ring (bicyclic) bond motifs is 1. The Balaban J connectivity index is 1.96. The quantitative estimate of drug-likeness (QED) is 0.487. The summed E-state index contributed by atoms with van der Waals surface area (Å²) in [6, 6.07) is 15.6. The molecule has 0 saturated carbocycles. The van der Waals surface area contributed by atoms with Crippen molar-refractivity contribution in [3.05, 3.63) is 100 Å². The normalized spacial score (nSPS) is 15.2. The van der Waals surface area contributed by atoms with E-state index in [0.29, 0.717) is 30.5 Å². The first-order valence-electron chi connectivity index (χ1n) is 11.9. The number of halogens is 2. The van der Waals surface area contributed by atoms with Crippen LogP contribution in [0, 0.1) is 11.6 Å². The highest BCUT2D eigenvalue weighted by atomic mass is 19.1. The Kier molecular flexibility index (Phi) is 6.60. The Morgan fingerprint density at radius 1 is 0.944 bits per heavy atom. The summed E-state index contributed by atoms with van der Waals surface area (Å²) in [4.78, 5) is 27.3. The van der Waals surface area contributed by atoms with Gasteiger partial charge in [0.25, 0.3) is 0 Å². The predicted octanol–water partition coefficient (Wildman–Crippen LogP) is 5.34. The second kappa shape index (κ2) is 9.37. The number of benzene rings is 3. The van der Waals surface area contributed by atoms with E-state index >= 15 is 0 Å². The number of primary amides is 1. The number of hydrogen-bond donors (Lipinski definition) is 2. The number of hydrogen-bond acceptors (Lipinski definition) is 3. The van der Waals surface area contributed by atoms with Crippen LogP contribution in [0.1, 0.15) is 59.8 Å². The highest BCUT2D eigenvalue weighted by Crippen LogP contribution is 2.43. The number of amides is 1. The molecule has 3 aromatic rings. The molecule has 1 amide bonds. The largest absolute Gasteiger partial charge is 0.478 e. The summed E-state index contributed by atoms with van der Waals surface area (Å²) < 4.78 is 28.2. The van der Waals surface area contributed by atoms with Gasteiger partial charge in [0.1, 0.15) is 17.2 Å². The number of carboxylic acid groups (broad SMARTS) is 1. The van der Waals surface area contributed by atoms with Gasteiger partial charge in [0.2, 0.25) is 5.91 Å². The molecule has 0 aliphatic carbocycles. The highest BCUT2D eigenvalue weighted by molar-refractivity contribution is 5.99. The summed E-state index contributed by atoms with van der Waals surface area (Å²) in [5.41, 5.74) is 7.42. The fraction of sp³-hybridized carbons (Fsp3) is 0.310. The number of nitrogens with two attached hydrogens (primary N) is 1. The third-order valence-corrected chi connectivity index (χ3v) is 6.95. The molecule has 1 atom stereocenters. The molecule has 36 heavy (non-hydrogen) atoms. The maximum Gasteiger partial charge on any atom is 0.337 e. The van der Waals surface area contributed by atoms with Crippen LogP contribution in [0.3, 0.4) is 0 Å². The van der Waals surface area contributed by atoms with Crippen molar-refractivity contribution in [1.82, 2.24) is 0 Å². The van der Waals surface area contributed by atoms with Crippen molar-refractivity contribution in [2.45, 2.75) is 51.0 Å². The minimum absolute atomic E-state index is 0.0669. The lowest BCUT2D eigenvalue weighted by molar-refractivity contribution is -0.123. The van der Waals surface area contributed by atoms with Gasteiger partial charge in [-0.2, -0.15) is 0 Å². The molecule has 3 aromatic carbocycles. The van der Waals surface area contributed by atoms with Crippen molar-refractivity contribution in [2.75, 3.05) is 11.4 Å². The second-order valence-electron chi connectivity index (χ2n) is 10.4. The van der Waals surface area contributed by atoms with Gasteiger partial charge in [0.05, 0.1) is 11.3 Å². The Morgan fingerprint density at radius 2 is 1.56 bits per heavy atom. The van der Waals surface area contributed by atoms with E-state index < -0.39 is 29.0 Å². The van der Waals surface area contributed by atoms with E-state index in [0.717, 1.165) is 17.2 Å². The van der Waals surface area contributed by atoms with Crippen LogP contribution in [0.25, 0.3) is 0 Å². The number of carbonyl (C=O) groups excluding carboxylic acids is 1. The molecule has 0 saturated heterocycles. The van der Waals surface area contributed by atoms with E-state index in [1.165, 1.54) is 30.3 Å². The van der Waals surface area contributed by atoms with Crippen molar-refractivity contribution in [2.24, 2.45) is 5.73 Å². The minimum atomic E-state index is -1.53. The summed E-state index contributed by atoms with van der Waals surface area (Å²) in [6.07, 6.45) is 1.14. The standard InChI is InChI=1S/C29H30F2N2O3/c1-28(2,3)20-8-6-18(7-9-20)17-29(27(32)36,21-10-12-22(30)13-11-21)33-14-4-5-19-15-23(31)16-24(25(19)33)26(34)35/h6-13,15-16H,4-5,14,17H2,1-3H3,(H2,32,36)(H,34,35). The Bertz CT molecular complexity index is 1300. The third-order valence-electron chi connectivity index (χ3n) is 6.95. The van der Waals surface area contributed by atoms with E-state index in [1.807, 2.05) is 24.3 Å². The van der Waals surface area contributed by atoms with Gasteiger partial charge in [-0.15, -0.1) is 0 Å². The van der Waals surface area contributed by atoms with Gasteiger partial charge in [-0.1, -0.05) is 57.2 Å². The second-order valence-corrected chi connectivity index (χ2v) is 10.4. The molecule has 0 spiro atoms. The molecule has 0 bridgehead atoms. The first-order valence-corrected chi connectivity index (χ1v) is 11.9. The number of aryl methyl sites for hydroxylation is 1. The fourth-order valence-corrected chi connectivity index (χ4v) is 5.11. The molecule has 7 heteroatoms. The van der Waals surface area contributed by atoms with E-state index in [-0.39, 0.29) is 23.1 Å². The molecule has 188 valence electrons. The minimum Gasteiger partial charge on any atom is -0.478 e. The van der Waals surface area contributed by atoms with Crippen LogP contribution in [0.15, 0.2) is 60.7 Å². The monoisotopic (exact) mass is 492 g/mol. The van der Waals surface area contributed by atoms with Crippen LogP contribution in [-0.4, -0.2) is 23.5 Å². The Hall–Kier alpha value is -3.74. The first kappa shape index (κ1) is 25.4. The summed E-state index contributed by atoms with van der Waals surface area (Å²) >= 11 is 0. The topological polar surface area (TPSA) is 83.6 Å². The molecule has 1 heterocycles. The number of carboxylic acids is 1. The summed E-state index contributed by atoms with van der Waals surface area (Å²) in [7, 11) is 0. The van der Waals surface area contributed by atoms with E-state index in [1.54, 1.807) is 4.90 Å². The average Bonchev–Trinajstić information content (AvgIpc) is 2.81. The Morgan fingerprint density at radius 3 is 2.11 bits per heavy atom. The van der Waals surface area contributed by atoms with Gasteiger partial charge in [-0.05, 0) is 64.8 Å². The summed E-state index contributed by atoms with van der Waals surface area (Å²) in [6.45, 7) is 6.63. The number of anilines is 1. The first-order chi connectivity index (χ1) is 16.9. The summed E-state index contributed by atoms with van der Waals surface area (Å²) in [5, 5.41) is 9.93. The maximum absolute atomic E-state index is 14.3. The zero-order valence-electron chi connectivity index (χ0n) is 20.6. The Labute approximate surface area is 209 Å². The van der Waals surface area contributed by atoms with E-state index in [2.05, 4.69) is 20.8 Å². The SMILES string of the molecule is CC(C)(C)c1ccc(CC(C(N)=O)(c2ccc(F)cc2)N2CCCc3cc(F)cc(C(=O)O)c32)cc1. The molecule has 0 aromatic heterocycles. The van der Waals surface area contributed by atoms with Gasteiger partial charge in [0, 0.05) is 13.0 Å². The van der Waals surface area contributed by atoms with Crippen molar-refractivity contribution >= 4 is 17.6 Å². The van der Waals surface area contributed by atoms with Gasteiger partial charge in [-0.3, -0.25) is 4.79 Å². The molecule has 1 aliphatic rings. The molecular weight excluding hydrogens is 462 g/mol. The maximum atomic E-state index is 14.3. The molecular formula is C29H30F2N2O3. The van der Waals surface area contributed by atoms with Gasteiger partial charge >= 0.3 is 5.97 Å². The lowest BCUT2D eigenvalue weighted by Gasteiger charge is -2.47. The molecule has 5 nitrogen and oxygen atoms in total. The molecule has 0 radical (unpaired) electrons. The molecule has 3 N–H and O–H groups in total. The number of nitrogens with zero attached hydrogens (tertiary/aromatic N) is 1.